The molecule has 1 rings (SSSR count). The summed E-state index contributed by atoms with van der Waals surface area (Å²) in [7, 11) is 1.34. The number of ether oxygens (including phenoxy) is 2. The molecule has 94 valence electrons. The zero-order chi connectivity index (χ0) is 12.8. The van der Waals surface area contributed by atoms with Gasteiger partial charge in [-0.3, -0.25) is 4.79 Å². The van der Waals surface area contributed by atoms with Gasteiger partial charge in [0.2, 0.25) is 0 Å². The molecule has 0 radical (unpaired) electrons. The molecule has 0 aliphatic rings. The van der Waals surface area contributed by atoms with E-state index in [9.17, 15) is 4.79 Å². The number of nitrogens with two attached hydrogens (primary N) is 1. The quantitative estimate of drug-likeness (QED) is 0.511. The molecule has 0 fully saturated rings. The van der Waals surface area contributed by atoms with Crippen molar-refractivity contribution in [2.45, 2.75) is 12.8 Å². The van der Waals surface area contributed by atoms with E-state index in [1.807, 2.05) is 0 Å². The summed E-state index contributed by atoms with van der Waals surface area (Å²) in [6.07, 6.45) is 0.824. The summed E-state index contributed by atoms with van der Waals surface area (Å²) in [5, 5.41) is 0.709. The second kappa shape index (κ2) is 6.57. The highest BCUT2D eigenvalue weighted by Gasteiger charge is 2.09. The summed E-state index contributed by atoms with van der Waals surface area (Å²) in [5.41, 5.74) is 6.03. The van der Waals surface area contributed by atoms with Crippen LogP contribution in [0.3, 0.4) is 0 Å². The molecular formula is C11H13Cl2NO3. The maximum atomic E-state index is 10.9. The predicted octanol–water partition coefficient (Wildman–Crippen LogP) is 2.91. The fourth-order valence-corrected chi connectivity index (χ4v) is 1.82. The lowest BCUT2D eigenvalue weighted by Crippen LogP contribution is -2.05. The third-order valence-electron chi connectivity index (χ3n) is 2.02. The standard InChI is InChI=1S/C11H13Cl2NO3/c1-16-10(15)3-2-4-17-11-8(12)5-7(14)6-9(11)13/h5-6H,2-4,14H2,1H3. The molecule has 0 atom stereocenters. The van der Waals surface area contributed by atoms with Crippen LogP contribution < -0.4 is 10.5 Å². The van der Waals surface area contributed by atoms with Crippen molar-refractivity contribution in [3.8, 4) is 5.75 Å². The van der Waals surface area contributed by atoms with Gasteiger partial charge in [-0.25, -0.2) is 0 Å². The van der Waals surface area contributed by atoms with Crippen LogP contribution in [0.25, 0.3) is 0 Å². The zero-order valence-electron chi connectivity index (χ0n) is 9.33. The van der Waals surface area contributed by atoms with Crippen molar-refractivity contribution in [2.24, 2.45) is 0 Å². The lowest BCUT2D eigenvalue weighted by atomic mass is 10.3. The number of nitrogen functional groups attached to an aromatic ring is 1. The molecule has 0 saturated carbocycles. The first-order valence-electron chi connectivity index (χ1n) is 4.98. The van der Waals surface area contributed by atoms with Crippen LogP contribution in [0.5, 0.6) is 5.75 Å². The minimum atomic E-state index is -0.275. The predicted molar refractivity (Wildman–Crippen MR) is 67.6 cm³/mol. The Morgan fingerprint density at radius 1 is 1.35 bits per heavy atom. The number of rotatable bonds is 5. The highest BCUT2D eigenvalue weighted by molar-refractivity contribution is 6.37. The van der Waals surface area contributed by atoms with Gasteiger partial charge in [0.25, 0.3) is 0 Å². The summed E-state index contributed by atoms with van der Waals surface area (Å²) >= 11 is 11.8. The van der Waals surface area contributed by atoms with Gasteiger partial charge >= 0.3 is 5.97 Å². The van der Waals surface area contributed by atoms with Crippen molar-refractivity contribution in [3.63, 3.8) is 0 Å². The average Bonchev–Trinajstić information content (AvgIpc) is 2.26. The van der Waals surface area contributed by atoms with Crippen LogP contribution in [0, 0.1) is 0 Å². The summed E-state index contributed by atoms with van der Waals surface area (Å²) in [6.45, 7) is 0.332. The van der Waals surface area contributed by atoms with Crippen molar-refractivity contribution in [3.05, 3.63) is 22.2 Å². The lowest BCUT2D eigenvalue weighted by molar-refractivity contribution is -0.140. The molecule has 0 aliphatic carbocycles. The van der Waals surface area contributed by atoms with E-state index in [1.165, 1.54) is 7.11 Å². The summed E-state index contributed by atoms with van der Waals surface area (Å²) in [5.74, 6) is 0.107. The van der Waals surface area contributed by atoms with E-state index in [1.54, 1.807) is 12.1 Å². The monoisotopic (exact) mass is 277 g/mol. The van der Waals surface area contributed by atoms with Crippen LogP contribution in [0.15, 0.2) is 12.1 Å². The van der Waals surface area contributed by atoms with E-state index < -0.39 is 0 Å². The van der Waals surface area contributed by atoms with Crippen LogP contribution >= 0.6 is 23.2 Å². The second-order valence-electron chi connectivity index (χ2n) is 3.34. The number of carbonyl (C=O) groups excluding carboxylic acids is 1. The molecule has 1 aromatic rings. The number of esters is 1. The molecule has 17 heavy (non-hydrogen) atoms. The molecule has 0 saturated heterocycles. The molecule has 0 spiro atoms. The van der Waals surface area contributed by atoms with Crippen molar-refractivity contribution < 1.29 is 14.3 Å². The van der Waals surface area contributed by atoms with E-state index in [4.69, 9.17) is 33.7 Å². The Kier molecular flexibility index (Phi) is 5.38. The Balaban J connectivity index is 2.50. The molecule has 0 aromatic heterocycles. The van der Waals surface area contributed by atoms with Gasteiger partial charge in [0, 0.05) is 12.1 Å². The Morgan fingerprint density at radius 2 is 1.94 bits per heavy atom. The minimum Gasteiger partial charge on any atom is -0.490 e. The molecule has 4 nitrogen and oxygen atoms in total. The number of benzene rings is 1. The van der Waals surface area contributed by atoms with Crippen LogP contribution in [0.4, 0.5) is 5.69 Å². The lowest BCUT2D eigenvalue weighted by Gasteiger charge is -2.10. The molecule has 0 heterocycles. The molecule has 6 heteroatoms. The van der Waals surface area contributed by atoms with Crippen molar-refractivity contribution >= 4 is 34.9 Å². The first kappa shape index (κ1) is 13.9. The average molecular weight is 278 g/mol. The number of hydrogen-bond acceptors (Lipinski definition) is 4. The molecule has 0 unspecified atom stereocenters. The van der Waals surface area contributed by atoms with Crippen LogP contribution in [0.1, 0.15) is 12.8 Å². The maximum Gasteiger partial charge on any atom is 0.305 e. The number of carbonyl (C=O) groups is 1. The van der Waals surface area contributed by atoms with Gasteiger partial charge in [-0.1, -0.05) is 23.2 Å². The highest BCUT2D eigenvalue weighted by Crippen LogP contribution is 2.35. The Bertz CT molecular complexity index is 387. The summed E-state index contributed by atoms with van der Waals surface area (Å²) in [4.78, 5) is 10.9. The normalized spacial score (nSPS) is 10.1. The number of methoxy groups -OCH3 is 1. The van der Waals surface area contributed by atoms with Gasteiger partial charge < -0.3 is 15.2 Å². The molecule has 0 amide bonds. The molecule has 1 aromatic carbocycles. The molecular weight excluding hydrogens is 265 g/mol. The van der Waals surface area contributed by atoms with E-state index in [-0.39, 0.29) is 5.97 Å². The minimum absolute atomic E-state index is 0.275. The SMILES string of the molecule is COC(=O)CCCOc1c(Cl)cc(N)cc1Cl. The van der Waals surface area contributed by atoms with E-state index in [0.717, 1.165) is 0 Å². The van der Waals surface area contributed by atoms with Crippen molar-refractivity contribution in [1.29, 1.82) is 0 Å². The zero-order valence-corrected chi connectivity index (χ0v) is 10.8. The van der Waals surface area contributed by atoms with Crippen molar-refractivity contribution in [1.82, 2.24) is 0 Å². The van der Waals surface area contributed by atoms with Crippen LogP contribution in [0.2, 0.25) is 10.0 Å². The molecule has 0 aliphatic heterocycles. The number of halogens is 2. The third-order valence-corrected chi connectivity index (χ3v) is 2.58. The second-order valence-corrected chi connectivity index (χ2v) is 4.16. The first-order valence-corrected chi connectivity index (χ1v) is 5.74. The summed E-state index contributed by atoms with van der Waals surface area (Å²) < 4.78 is 9.89. The van der Waals surface area contributed by atoms with Crippen LogP contribution in [-0.4, -0.2) is 19.7 Å². The Labute approximate surface area is 110 Å². The maximum absolute atomic E-state index is 10.9. The van der Waals surface area contributed by atoms with Gasteiger partial charge in [-0.15, -0.1) is 0 Å². The topological polar surface area (TPSA) is 61.5 Å². The van der Waals surface area contributed by atoms with Crippen LogP contribution in [-0.2, 0) is 9.53 Å². The molecule has 0 bridgehead atoms. The number of hydrogen-bond donors (Lipinski definition) is 1. The third kappa shape index (κ3) is 4.32. The fraction of sp³-hybridized carbons (Fsp3) is 0.364. The van der Waals surface area contributed by atoms with Gasteiger partial charge in [-0.05, 0) is 18.6 Å². The van der Waals surface area contributed by atoms with E-state index in [0.29, 0.717) is 40.9 Å². The Hall–Kier alpha value is -1.13. The summed E-state index contributed by atoms with van der Waals surface area (Å²) in [6, 6.07) is 3.12. The Morgan fingerprint density at radius 3 is 2.47 bits per heavy atom. The van der Waals surface area contributed by atoms with Gasteiger partial charge in [-0.2, -0.15) is 0 Å². The first-order chi connectivity index (χ1) is 8.04. The van der Waals surface area contributed by atoms with Gasteiger partial charge in [0.1, 0.15) is 0 Å². The number of anilines is 1. The smallest absolute Gasteiger partial charge is 0.305 e. The van der Waals surface area contributed by atoms with Crippen molar-refractivity contribution in [2.75, 3.05) is 19.5 Å². The largest absolute Gasteiger partial charge is 0.490 e. The van der Waals surface area contributed by atoms with Gasteiger partial charge in [0.15, 0.2) is 5.75 Å². The van der Waals surface area contributed by atoms with Gasteiger partial charge in [0.05, 0.1) is 23.8 Å². The highest BCUT2D eigenvalue weighted by atomic mass is 35.5. The van der Waals surface area contributed by atoms with E-state index in [2.05, 4.69) is 4.74 Å². The van der Waals surface area contributed by atoms with E-state index >= 15 is 0 Å². The fourth-order valence-electron chi connectivity index (χ4n) is 1.21. The molecule has 2 N–H and O–H groups in total.